The zero-order chi connectivity index (χ0) is 20.8. The maximum absolute atomic E-state index is 12.7. The van der Waals surface area contributed by atoms with Gasteiger partial charge in [0.15, 0.2) is 5.17 Å². The summed E-state index contributed by atoms with van der Waals surface area (Å²) < 4.78 is 5.12. The minimum atomic E-state index is -0.586. The van der Waals surface area contributed by atoms with Gasteiger partial charge < -0.3 is 10.1 Å². The molecule has 150 valence electrons. The number of amides is 2. The van der Waals surface area contributed by atoms with Crippen LogP contribution in [0.3, 0.4) is 0 Å². The van der Waals surface area contributed by atoms with Gasteiger partial charge in [0.25, 0.3) is 0 Å². The fourth-order valence-corrected chi connectivity index (χ4v) is 3.91. The third kappa shape index (κ3) is 5.40. The molecule has 1 saturated heterocycles. The maximum atomic E-state index is 12.7. The number of amidine groups is 1. The van der Waals surface area contributed by atoms with Crippen molar-refractivity contribution in [3.63, 3.8) is 0 Å². The van der Waals surface area contributed by atoms with E-state index in [-0.39, 0.29) is 18.2 Å². The number of nitrogens with zero attached hydrogens (tertiary/aromatic N) is 2. The molecular formula is C21H20ClN3O3S. The Morgan fingerprint density at radius 1 is 1.31 bits per heavy atom. The van der Waals surface area contributed by atoms with E-state index in [0.717, 1.165) is 0 Å². The van der Waals surface area contributed by atoms with Crippen molar-refractivity contribution in [2.24, 2.45) is 4.99 Å². The van der Waals surface area contributed by atoms with Gasteiger partial charge >= 0.3 is 0 Å². The Morgan fingerprint density at radius 3 is 2.62 bits per heavy atom. The quantitative estimate of drug-likeness (QED) is 0.686. The molecule has 6 nitrogen and oxygen atoms in total. The van der Waals surface area contributed by atoms with Crippen molar-refractivity contribution in [2.75, 3.05) is 19.0 Å². The third-order valence-electron chi connectivity index (χ3n) is 4.15. The van der Waals surface area contributed by atoms with E-state index in [1.807, 2.05) is 0 Å². The van der Waals surface area contributed by atoms with Gasteiger partial charge in [-0.2, -0.15) is 0 Å². The second kappa shape index (κ2) is 9.62. The SMILES string of the molecule is C=CCN1C(=O)C[C@@H](C(=O)Nc2ccc(OC)cc2)SC1=Nc1ccc(Cl)cc1. The first-order valence-corrected chi connectivity index (χ1v) is 10.1. The smallest absolute Gasteiger partial charge is 0.238 e. The Kier molecular flexibility index (Phi) is 6.95. The van der Waals surface area contributed by atoms with Crippen molar-refractivity contribution in [3.8, 4) is 5.75 Å². The largest absolute Gasteiger partial charge is 0.497 e. The fraction of sp³-hybridized carbons (Fsp3) is 0.190. The van der Waals surface area contributed by atoms with Gasteiger partial charge in [0.05, 0.1) is 12.8 Å². The summed E-state index contributed by atoms with van der Waals surface area (Å²) in [6.07, 6.45) is 1.72. The summed E-state index contributed by atoms with van der Waals surface area (Å²) in [5.74, 6) is 0.268. The molecule has 29 heavy (non-hydrogen) atoms. The molecule has 2 aromatic rings. The monoisotopic (exact) mass is 429 g/mol. The first-order chi connectivity index (χ1) is 14.0. The standard InChI is InChI=1S/C21H20ClN3O3S/c1-3-12-25-19(26)13-18(20(27)23-15-8-10-17(28-2)11-9-15)29-21(25)24-16-6-4-14(22)5-7-16/h3-11,18H,1,12-13H2,2H3,(H,23,27)/t18-/m0/s1. The number of aliphatic imine (C=N–C) groups is 1. The lowest BCUT2D eigenvalue weighted by molar-refractivity contribution is -0.129. The highest BCUT2D eigenvalue weighted by molar-refractivity contribution is 8.15. The maximum Gasteiger partial charge on any atom is 0.238 e. The van der Waals surface area contributed by atoms with Gasteiger partial charge in [0.1, 0.15) is 11.0 Å². The summed E-state index contributed by atoms with van der Waals surface area (Å²) in [5, 5.41) is 3.31. The third-order valence-corrected chi connectivity index (χ3v) is 5.59. The van der Waals surface area contributed by atoms with Gasteiger partial charge in [-0.15, -0.1) is 6.58 Å². The van der Waals surface area contributed by atoms with Gasteiger partial charge in [-0.3, -0.25) is 14.5 Å². The number of carbonyl (C=O) groups is 2. The average molecular weight is 430 g/mol. The molecular weight excluding hydrogens is 410 g/mol. The van der Waals surface area contributed by atoms with E-state index in [0.29, 0.717) is 33.9 Å². The van der Waals surface area contributed by atoms with Crippen molar-refractivity contribution < 1.29 is 14.3 Å². The molecule has 0 aliphatic carbocycles. The zero-order valence-corrected chi connectivity index (χ0v) is 17.4. The summed E-state index contributed by atoms with van der Waals surface area (Å²) in [6.45, 7) is 4.03. The van der Waals surface area contributed by atoms with Gasteiger partial charge in [0, 0.05) is 23.7 Å². The number of carbonyl (C=O) groups excluding carboxylic acids is 2. The number of nitrogens with one attached hydrogen (secondary N) is 1. The second-order valence-electron chi connectivity index (χ2n) is 6.19. The Hall–Kier alpha value is -2.77. The molecule has 0 bridgehead atoms. The highest BCUT2D eigenvalue weighted by Crippen LogP contribution is 2.30. The number of hydrogen-bond donors (Lipinski definition) is 1. The highest BCUT2D eigenvalue weighted by Gasteiger charge is 2.35. The molecule has 1 atom stereocenters. The molecule has 0 spiro atoms. The molecule has 0 radical (unpaired) electrons. The first-order valence-electron chi connectivity index (χ1n) is 8.87. The summed E-state index contributed by atoms with van der Waals surface area (Å²) >= 11 is 7.18. The lowest BCUT2D eigenvalue weighted by Crippen LogP contribution is -2.45. The molecule has 8 heteroatoms. The van der Waals surface area contributed by atoms with Crippen LogP contribution in [-0.2, 0) is 9.59 Å². The molecule has 1 N–H and O–H groups in total. The van der Waals surface area contributed by atoms with Crippen LogP contribution in [0.2, 0.25) is 5.02 Å². The van der Waals surface area contributed by atoms with Crippen LogP contribution in [0.1, 0.15) is 6.42 Å². The number of benzene rings is 2. The molecule has 2 aromatic carbocycles. The molecule has 0 aromatic heterocycles. The van der Waals surface area contributed by atoms with Crippen LogP contribution in [0, 0.1) is 0 Å². The van der Waals surface area contributed by atoms with Gasteiger partial charge in [0.2, 0.25) is 11.8 Å². The fourth-order valence-electron chi connectivity index (χ4n) is 2.67. The first kappa shape index (κ1) is 21.0. The summed E-state index contributed by atoms with van der Waals surface area (Å²) in [5.41, 5.74) is 1.28. The number of thioether (sulfide) groups is 1. The van der Waals surface area contributed by atoms with Crippen LogP contribution in [0.4, 0.5) is 11.4 Å². The number of anilines is 1. The normalized spacial score (nSPS) is 17.9. The van der Waals surface area contributed by atoms with Crippen LogP contribution < -0.4 is 10.1 Å². The number of methoxy groups -OCH3 is 1. The van der Waals surface area contributed by atoms with Crippen molar-refractivity contribution in [3.05, 3.63) is 66.2 Å². The second-order valence-corrected chi connectivity index (χ2v) is 7.80. The van der Waals surface area contributed by atoms with Crippen LogP contribution in [0.15, 0.2) is 66.2 Å². The molecule has 2 amide bonds. The number of halogens is 1. The average Bonchev–Trinajstić information content (AvgIpc) is 2.72. The van der Waals surface area contributed by atoms with E-state index >= 15 is 0 Å². The molecule has 0 unspecified atom stereocenters. The Morgan fingerprint density at radius 2 is 2.00 bits per heavy atom. The van der Waals surface area contributed by atoms with Crippen molar-refractivity contribution in [1.82, 2.24) is 4.90 Å². The topological polar surface area (TPSA) is 71.0 Å². The highest BCUT2D eigenvalue weighted by atomic mass is 35.5. The van der Waals surface area contributed by atoms with E-state index in [2.05, 4.69) is 16.9 Å². The number of rotatable bonds is 6. The summed E-state index contributed by atoms with van der Waals surface area (Å²) in [7, 11) is 1.58. The lowest BCUT2D eigenvalue weighted by Gasteiger charge is -2.31. The molecule has 1 heterocycles. The van der Waals surface area contributed by atoms with Crippen LogP contribution in [0.25, 0.3) is 0 Å². The predicted molar refractivity (Wildman–Crippen MR) is 118 cm³/mol. The van der Waals surface area contributed by atoms with Crippen molar-refractivity contribution in [2.45, 2.75) is 11.7 Å². The minimum Gasteiger partial charge on any atom is -0.497 e. The number of ether oxygens (including phenoxy) is 1. The van der Waals surface area contributed by atoms with E-state index in [1.165, 1.54) is 16.7 Å². The van der Waals surface area contributed by atoms with E-state index in [1.54, 1.807) is 61.7 Å². The molecule has 1 aliphatic rings. The van der Waals surface area contributed by atoms with Crippen molar-refractivity contribution >= 4 is 51.7 Å². The Labute approximate surface area is 178 Å². The van der Waals surface area contributed by atoms with Crippen LogP contribution in [0.5, 0.6) is 5.75 Å². The zero-order valence-electron chi connectivity index (χ0n) is 15.8. The van der Waals surface area contributed by atoms with Crippen molar-refractivity contribution in [1.29, 1.82) is 0 Å². The van der Waals surface area contributed by atoms with E-state index in [9.17, 15) is 9.59 Å². The Bertz CT molecular complexity index is 929. The van der Waals surface area contributed by atoms with Gasteiger partial charge in [-0.05, 0) is 48.5 Å². The van der Waals surface area contributed by atoms with Crippen LogP contribution in [-0.4, -0.2) is 40.8 Å². The summed E-state index contributed by atoms with van der Waals surface area (Å²) in [6, 6.07) is 14.0. The van der Waals surface area contributed by atoms with E-state index in [4.69, 9.17) is 16.3 Å². The minimum absolute atomic E-state index is 0.0835. The summed E-state index contributed by atoms with van der Waals surface area (Å²) in [4.78, 5) is 31.5. The lowest BCUT2D eigenvalue weighted by atomic mass is 10.2. The van der Waals surface area contributed by atoms with E-state index < -0.39 is 5.25 Å². The number of hydrogen-bond acceptors (Lipinski definition) is 5. The predicted octanol–water partition coefficient (Wildman–Crippen LogP) is 4.49. The Balaban J connectivity index is 1.79. The van der Waals surface area contributed by atoms with Gasteiger partial charge in [-0.1, -0.05) is 29.4 Å². The van der Waals surface area contributed by atoms with Gasteiger partial charge in [-0.25, -0.2) is 4.99 Å². The molecule has 1 aliphatic heterocycles. The molecule has 1 fully saturated rings. The molecule has 3 rings (SSSR count). The van der Waals surface area contributed by atoms with Crippen LogP contribution >= 0.6 is 23.4 Å². The molecule has 0 saturated carbocycles.